The van der Waals surface area contributed by atoms with E-state index in [4.69, 9.17) is 28.5 Å². The van der Waals surface area contributed by atoms with Crippen molar-refractivity contribution in [1.29, 1.82) is 5.26 Å². The Morgan fingerprint density at radius 3 is 2.44 bits per heavy atom. The van der Waals surface area contributed by atoms with E-state index >= 15 is 0 Å². The molecule has 0 aliphatic carbocycles. The summed E-state index contributed by atoms with van der Waals surface area (Å²) in [7, 11) is 0. The summed E-state index contributed by atoms with van der Waals surface area (Å²) in [4.78, 5) is 14.3. The van der Waals surface area contributed by atoms with Gasteiger partial charge in [0.1, 0.15) is 11.6 Å². The summed E-state index contributed by atoms with van der Waals surface area (Å²) in [6, 6.07) is 8.61. The molecule has 0 spiro atoms. The van der Waals surface area contributed by atoms with Gasteiger partial charge < -0.3 is 4.98 Å². The molecule has 1 N–H and O–H groups in total. The quantitative estimate of drug-likeness (QED) is 0.868. The first-order chi connectivity index (χ1) is 8.54. The van der Waals surface area contributed by atoms with E-state index in [0.29, 0.717) is 26.9 Å². The van der Waals surface area contributed by atoms with Crippen molar-refractivity contribution in [3.05, 3.63) is 55.9 Å². The number of hydrogen-bond donors (Lipinski definition) is 1. The lowest BCUT2D eigenvalue weighted by Gasteiger charge is -2.09. The molecule has 1 aromatic heterocycles. The average Bonchev–Trinajstić information content (AvgIpc) is 2.28. The van der Waals surface area contributed by atoms with Gasteiger partial charge in [-0.3, -0.25) is 4.79 Å². The standard InChI is InChI=1S/C13H8Cl2N2O/c1-7-5-8(9(6-16)13(18)17-7)12-10(14)3-2-4-11(12)15/h2-5H,1H3,(H,17,18). The molecule has 0 radical (unpaired) electrons. The average molecular weight is 279 g/mol. The number of benzene rings is 1. The predicted molar refractivity (Wildman–Crippen MR) is 72.0 cm³/mol. The van der Waals surface area contributed by atoms with E-state index in [9.17, 15) is 4.79 Å². The van der Waals surface area contributed by atoms with Crippen molar-refractivity contribution in [2.24, 2.45) is 0 Å². The molecular formula is C13H8Cl2N2O. The van der Waals surface area contributed by atoms with Gasteiger partial charge in [0, 0.05) is 26.9 Å². The fourth-order valence-electron chi connectivity index (χ4n) is 1.75. The monoisotopic (exact) mass is 278 g/mol. The van der Waals surface area contributed by atoms with E-state index in [1.165, 1.54) is 0 Å². The highest BCUT2D eigenvalue weighted by atomic mass is 35.5. The van der Waals surface area contributed by atoms with Gasteiger partial charge in [0.2, 0.25) is 0 Å². The van der Waals surface area contributed by atoms with Gasteiger partial charge in [0.25, 0.3) is 5.56 Å². The zero-order valence-corrected chi connectivity index (χ0v) is 10.9. The fourth-order valence-corrected chi connectivity index (χ4v) is 2.35. The fraction of sp³-hybridized carbons (Fsp3) is 0.0769. The Bertz CT molecular complexity index is 694. The first kappa shape index (κ1) is 12.7. The number of nitrogens with one attached hydrogen (secondary N) is 1. The number of aromatic nitrogens is 1. The zero-order valence-electron chi connectivity index (χ0n) is 9.42. The van der Waals surface area contributed by atoms with E-state index in [-0.39, 0.29) is 5.56 Å². The minimum absolute atomic E-state index is 0.00981. The van der Waals surface area contributed by atoms with Crippen molar-refractivity contribution < 1.29 is 0 Å². The number of halogens is 2. The second-order valence-electron chi connectivity index (χ2n) is 3.78. The lowest BCUT2D eigenvalue weighted by molar-refractivity contribution is 1.13. The number of aromatic amines is 1. The maximum Gasteiger partial charge on any atom is 0.266 e. The number of aryl methyl sites for hydroxylation is 1. The number of H-pyrrole nitrogens is 1. The van der Waals surface area contributed by atoms with Crippen LogP contribution >= 0.6 is 23.2 Å². The van der Waals surface area contributed by atoms with Gasteiger partial charge in [-0.15, -0.1) is 0 Å². The largest absolute Gasteiger partial charge is 0.325 e. The molecule has 0 unspecified atom stereocenters. The first-order valence-electron chi connectivity index (χ1n) is 5.13. The molecule has 0 aliphatic rings. The molecule has 0 saturated heterocycles. The van der Waals surface area contributed by atoms with Crippen molar-refractivity contribution in [2.45, 2.75) is 6.92 Å². The Kier molecular flexibility index (Phi) is 3.42. The number of hydrogen-bond acceptors (Lipinski definition) is 2. The lowest BCUT2D eigenvalue weighted by Crippen LogP contribution is -2.12. The van der Waals surface area contributed by atoms with E-state index in [1.807, 2.05) is 6.07 Å². The number of nitriles is 1. The van der Waals surface area contributed by atoms with Crippen LogP contribution in [-0.4, -0.2) is 4.98 Å². The molecule has 5 heteroatoms. The maximum atomic E-state index is 11.7. The third-order valence-electron chi connectivity index (χ3n) is 2.51. The molecule has 2 rings (SSSR count). The van der Waals surface area contributed by atoms with Crippen LogP contribution in [0.2, 0.25) is 10.0 Å². The topological polar surface area (TPSA) is 56.6 Å². The van der Waals surface area contributed by atoms with E-state index < -0.39 is 5.56 Å². The highest BCUT2D eigenvalue weighted by Crippen LogP contribution is 2.35. The molecular weight excluding hydrogens is 271 g/mol. The van der Waals surface area contributed by atoms with E-state index in [1.54, 1.807) is 31.2 Å². The van der Waals surface area contributed by atoms with Crippen LogP contribution in [0.1, 0.15) is 11.3 Å². The van der Waals surface area contributed by atoms with Crippen molar-refractivity contribution in [2.75, 3.05) is 0 Å². The van der Waals surface area contributed by atoms with E-state index in [0.717, 1.165) is 0 Å². The summed E-state index contributed by atoms with van der Waals surface area (Å²) >= 11 is 12.2. The van der Waals surface area contributed by atoms with Crippen molar-refractivity contribution >= 4 is 23.2 Å². The molecule has 0 atom stereocenters. The second-order valence-corrected chi connectivity index (χ2v) is 4.59. The molecule has 0 fully saturated rings. The minimum Gasteiger partial charge on any atom is -0.325 e. The zero-order chi connectivity index (χ0) is 13.3. The Labute approximate surface area is 114 Å². The Balaban J connectivity index is 2.88. The van der Waals surface area contributed by atoms with Crippen LogP contribution in [0.3, 0.4) is 0 Å². The molecule has 1 heterocycles. The summed E-state index contributed by atoms with van der Waals surface area (Å²) in [5.41, 5.74) is 1.17. The number of rotatable bonds is 1. The molecule has 1 aromatic carbocycles. The van der Waals surface area contributed by atoms with E-state index in [2.05, 4.69) is 4.98 Å². The van der Waals surface area contributed by atoms with Gasteiger partial charge in [-0.1, -0.05) is 29.3 Å². The Hall–Kier alpha value is -1.76. The highest BCUT2D eigenvalue weighted by Gasteiger charge is 2.15. The third kappa shape index (κ3) is 2.13. The summed E-state index contributed by atoms with van der Waals surface area (Å²) in [5, 5.41) is 9.89. The van der Waals surface area contributed by atoms with Crippen LogP contribution < -0.4 is 5.56 Å². The smallest absolute Gasteiger partial charge is 0.266 e. The minimum atomic E-state index is -0.441. The molecule has 0 aliphatic heterocycles. The van der Waals surface area contributed by atoms with Crippen molar-refractivity contribution in [3.8, 4) is 17.2 Å². The van der Waals surface area contributed by atoms with Crippen molar-refractivity contribution in [1.82, 2.24) is 4.98 Å². The summed E-state index contributed by atoms with van der Waals surface area (Å²) in [5.74, 6) is 0. The number of pyridine rings is 1. The SMILES string of the molecule is Cc1cc(-c2c(Cl)cccc2Cl)c(C#N)c(=O)[nH]1. The first-order valence-corrected chi connectivity index (χ1v) is 5.88. The van der Waals surface area contributed by atoms with Gasteiger partial charge in [-0.2, -0.15) is 5.26 Å². The summed E-state index contributed by atoms with van der Waals surface area (Å²) in [6.07, 6.45) is 0. The molecule has 2 aromatic rings. The van der Waals surface area contributed by atoms with Crippen LogP contribution in [0.4, 0.5) is 0 Å². The van der Waals surface area contributed by atoms with Crippen LogP contribution in [0.15, 0.2) is 29.1 Å². The van der Waals surface area contributed by atoms with Crippen LogP contribution in [0, 0.1) is 18.3 Å². The Morgan fingerprint density at radius 1 is 1.28 bits per heavy atom. The lowest BCUT2D eigenvalue weighted by atomic mass is 10.0. The van der Waals surface area contributed by atoms with Crippen LogP contribution in [0.5, 0.6) is 0 Å². The van der Waals surface area contributed by atoms with Gasteiger partial charge >= 0.3 is 0 Å². The molecule has 90 valence electrons. The predicted octanol–water partition coefficient (Wildman–Crippen LogP) is 3.53. The van der Waals surface area contributed by atoms with Gasteiger partial charge in [0.15, 0.2) is 0 Å². The van der Waals surface area contributed by atoms with Crippen LogP contribution in [0.25, 0.3) is 11.1 Å². The van der Waals surface area contributed by atoms with Crippen LogP contribution in [-0.2, 0) is 0 Å². The van der Waals surface area contributed by atoms with Gasteiger partial charge in [0.05, 0.1) is 0 Å². The Morgan fingerprint density at radius 2 is 1.89 bits per heavy atom. The summed E-state index contributed by atoms with van der Waals surface area (Å²) in [6.45, 7) is 1.73. The molecule has 0 saturated carbocycles. The van der Waals surface area contributed by atoms with Crippen molar-refractivity contribution in [3.63, 3.8) is 0 Å². The molecule has 0 amide bonds. The van der Waals surface area contributed by atoms with Gasteiger partial charge in [-0.05, 0) is 25.1 Å². The normalized spacial score (nSPS) is 10.1. The molecule has 18 heavy (non-hydrogen) atoms. The summed E-state index contributed by atoms with van der Waals surface area (Å²) < 4.78 is 0. The highest BCUT2D eigenvalue weighted by molar-refractivity contribution is 6.39. The molecule has 0 bridgehead atoms. The maximum absolute atomic E-state index is 11.7. The number of nitrogens with zero attached hydrogens (tertiary/aromatic N) is 1. The second kappa shape index (κ2) is 4.85. The third-order valence-corrected chi connectivity index (χ3v) is 3.14. The van der Waals surface area contributed by atoms with Gasteiger partial charge in [-0.25, -0.2) is 0 Å². The molecule has 3 nitrogen and oxygen atoms in total.